The Labute approximate surface area is 165 Å². The molecule has 1 unspecified atom stereocenters. The van der Waals surface area contributed by atoms with Crippen molar-refractivity contribution in [3.05, 3.63) is 46.4 Å². The number of ether oxygens (including phenoxy) is 1. The van der Waals surface area contributed by atoms with Gasteiger partial charge in [0.1, 0.15) is 17.4 Å². The Morgan fingerprint density at radius 2 is 2.07 bits per heavy atom. The molecule has 1 aliphatic rings. The highest BCUT2D eigenvalue weighted by Gasteiger charge is 2.20. The van der Waals surface area contributed by atoms with E-state index in [-0.39, 0.29) is 5.91 Å². The molecule has 27 heavy (non-hydrogen) atoms. The van der Waals surface area contributed by atoms with Crippen LogP contribution in [-0.2, 0) is 17.8 Å². The van der Waals surface area contributed by atoms with Crippen LogP contribution in [0.5, 0.6) is 5.75 Å². The number of nitrogens with zero attached hydrogens (tertiary/aromatic N) is 2. The molecule has 1 aromatic carbocycles. The van der Waals surface area contributed by atoms with Crippen molar-refractivity contribution < 1.29 is 9.53 Å². The number of benzene rings is 1. The summed E-state index contributed by atoms with van der Waals surface area (Å²) in [6.45, 7) is 7.90. The van der Waals surface area contributed by atoms with Gasteiger partial charge in [0.2, 0.25) is 5.91 Å². The fraction of sp³-hybridized carbons (Fsp3) is 0.524. The average molecular weight is 388 g/mol. The summed E-state index contributed by atoms with van der Waals surface area (Å²) in [6.07, 6.45) is 2.83. The van der Waals surface area contributed by atoms with E-state index in [1.807, 2.05) is 35.7 Å². The number of carbonyl (C=O) groups is 1. The average Bonchev–Trinajstić information content (AvgIpc) is 3.13. The van der Waals surface area contributed by atoms with Crippen molar-refractivity contribution in [3.8, 4) is 5.75 Å². The number of piperidine rings is 1. The van der Waals surface area contributed by atoms with Crippen molar-refractivity contribution in [1.29, 1.82) is 0 Å². The van der Waals surface area contributed by atoms with E-state index >= 15 is 0 Å². The zero-order chi connectivity index (χ0) is 19.1. The third-order valence-electron chi connectivity index (χ3n) is 5.08. The Morgan fingerprint density at radius 1 is 1.33 bits per heavy atom. The quantitative estimate of drug-likeness (QED) is 0.753. The highest BCUT2D eigenvalue weighted by atomic mass is 32.1. The number of aromatic nitrogens is 1. The summed E-state index contributed by atoms with van der Waals surface area (Å²) in [5.41, 5.74) is 0.809. The third kappa shape index (κ3) is 6.33. The first-order chi connectivity index (χ1) is 13.1. The maximum atomic E-state index is 12.2. The van der Waals surface area contributed by atoms with Gasteiger partial charge in [0.15, 0.2) is 0 Å². The standard InChI is InChI=1S/C21H29N3O2S/c1-16-8-10-24(11-9-16)17(2)13-22-20(25)12-18-15-27-21(23-18)14-26-19-6-4-3-5-7-19/h3-7,15-17H,8-14H2,1-2H3,(H,22,25). The number of carbonyl (C=O) groups excluding carboxylic acids is 1. The van der Waals surface area contributed by atoms with Gasteiger partial charge in [-0.25, -0.2) is 4.98 Å². The topological polar surface area (TPSA) is 54.5 Å². The molecule has 1 fully saturated rings. The van der Waals surface area contributed by atoms with Gasteiger partial charge in [-0.2, -0.15) is 0 Å². The van der Waals surface area contributed by atoms with Gasteiger partial charge in [0.05, 0.1) is 12.1 Å². The zero-order valence-corrected chi connectivity index (χ0v) is 17.0. The molecule has 0 saturated carbocycles. The van der Waals surface area contributed by atoms with Crippen LogP contribution >= 0.6 is 11.3 Å². The van der Waals surface area contributed by atoms with Gasteiger partial charge in [-0.1, -0.05) is 25.1 Å². The van der Waals surface area contributed by atoms with Crippen LogP contribution in [0.25, 0.3) is 0 Å². The fourth-order valence-corrected chi connectivity index (χ4v) is 3.95. The molecule has 146 valence electrons. The Bertz CT molecular complexity index is 711. The Morgan fingerprint density at radius 3 is 2.81 bits per heavy atom. The number of likely N-dealkylation sites (tertiary alicyclic amines) is 1. The fourth-order valence-electron chi connectivity index (χ4n) is 3.25. The van der Waals surface area contributed by atoms with Crippen LogP contribution in [-0.4, -0.2) is 41.5 Å². The Balaban J connectivity index is 1.38. The molecule has 3 rings (SSSR count). The number of thiazole rings is 1. The van der Waals surface area contributed by atoms with Gasteiger partial charge >= 0.3 is 0 Å². The molecule has 1 aliphatic heterocycles. The molecule has 1 saturated heterocycles. The summed E-state index contributed by atoms with van der Waals surface area (Å²) in [5, 5.41) is 5.89. The van der Waals surface area contributed by atoms with Crippen molar-refractivity contribution in [1.82, 2.24) is 15.2 Å². The third-order valence-corrected chi connectivity index (χ3v) is 5.95. The van der Waals surface area contributed by atoms with E-state index in [1.165, 1.54) is 24.2 Å². The van der Waals surface area contributed by atoms with Gasteiger partial charge in [-0.3, -0.25) is 9.69 Å². The van der Waals surface area contributed by atoms with E-state index in [4.69, 9.17) is 4.74 Å². The molecule has 6 heteroatoms. The second-order valence-corrected chi connectivity index (χ2v) is 8.33. The van der Waals surface area contributed by atoms with E-state index in [0.29, 0.717) is 25.6 Å². The van der Waals surface area contributed by atoms with Crippen molar-refractivity contribution in [2.75, 3.05) is 19.6 Å². The first kappa shape index (κ1) is 19.8. The van der Waals surface area contributed by atoms with E-state index in [9.17, 15) is 4.79 Å². The lowest BCUT2D eigenvalue weighted by molar-refractivity contribution is -0.120. The molecule has 1 amide bonds. The van der Waals surface area contributed by atoms with Crippen molar-refractivity contribution in [2.24, 2.45) is 5.92 Å². The highest BCUT2D eigenvalue weighted by molar-refractivity contribution is 7.09. The van der Waals surface area contributed by atoms with Gasteiger partial charge in [-0.15, -0.1) is 11.3 Å². The Hall–Kier alpha value is -1.92. The molecule has 1 atom stereocenters. The van der Waals surface area contributed by atoms with Gasteiger partial charge in [0.25, 0.3) is 0 Å². The minimum absolute atomic E-state index is 0.0352. The van der Waals surface area contributed by atoms with Gasteiger partial charge < -0.3 is 10.1 Å². The van der Waals surface area contributed by atoms with E-state index in [1.54, 1.807) is 0 Å². The number of nitrogens with one attached hydrogen (secondary N) is 1. The minimum atomic E-state index is 0.0352. The predicted octanol–water partition coefficient (Wildman–Crippen LogP) is 3.50. The molecule has 2 aromatic rings. The molecular weight excluding hydrogens is 358 g/mol. The molecule has 0 aliphatic carbocycles. The van der Waals surface area contributed by atoms with E-state index < -0.39 is 0 Å². The summed E-state index contributed by atoms with van der Waals surface area (Å²) < 4.78 is 5.71. The second kappa shape index (κ2) is 9.85. The first-order valence-corrected chi connectivity index (χ1v) is 10.6. The first-order valence-electron chi connectivity index (χ1n) is 9.72. The van der Waals surface area contributed by atoms with Crippen LogP contribution in [0.15, 0.2) is 35.7 Å². The summed E-state index contributed by atoms with van der Waals surface area (Å²) in [6, 6.07) is 10.1. The van der Waals surface area contributed by atoms with Crippen LogP contribution in [0, 0.1) is 5.92 Å². The van der Waals surface area contributed by atoms with Crippen LogP contribution < -0.4 is 10.1 Å². The lowest BCUT2D eigenvalue weighted by atomic mass is 9.98. The molecule has 0 spiro atoms. The van der Waals surface area contributed by atoms with E-state index in [0.717, 1.165) is 35.5 Å². The molecule has 0 radical (unpaired) electrons. The summed E-state index contributed by atoms with van der Waals surface area (Å²) in [7, 11) is 0. The van der Waals surface area contributed by atoms with E-state index in [2.05, 4.69) is 29.0 Å². The van der Waals surface area contributed by atoms with Crippen LogP contribution in [0.3, 0.4) is 0 Å². The maximum Gasteiger partial charge on any atom is 0.226 e. The zero-order valence-electron chi connectivity index (χ0n) is 16.2. The van der Waals surface area contributed by atoms with Crippen LogP contribution in [0.1, 0.15) is 37.4 Å². The monoisotopic (exact) mass is 387 g/mol. The number of rotatable bonds is 8. The summed E-state index contributed by atoms with van der Waals surface area (Å²) in [4.78, 5) is 19.2. The van der Waals surface area contributed by atoms with Crippen molar-refractivity contribution in [2.45, 2.75) is 45.8 Å². The molecule has 2 heterocycles. The number of amides is 1. The molecule has 1 N–H and O–H groups in total. The van der Waals surface area contributed by atoms with Crippen molar-refractivity contribution in [3.63, 3.8) is 0 Å². The maximum absolute atomic E-state index is 12.2. The van der Waals surface area contributed by atoms with Crippen molar-refractivity contribution >= 4 is 17.2 Å². The minimum Gasteiger partial charge on any atom is -0.486 e. The van der Waals surface area contributed by atoms with Crippen LogP contribution in [0.4, 0.5) is 0 Å². The molecule has 0 bridgehead atoms. The Kier molecular flexibility index (Phi) is 7.24. The molecule has 5 nitrogen and oxygen atoms in total. The lowest BCUT2D eigenvalue weighted by Crippen LogP contribution is -2.45. The summed E-state index contributed by atoms with van der Waals surface area (Å²) >= 11 is 1.53. The number of para-hydroxylation sites is 1. The second-order valence-electron chi connectivity index (χ2n) is 7.38. The van der Waals surface area contributed by atoms with Gasteiger partial charge in [0, 0.05) is 18.0 Å². The van der Waals surface area contributed by atoms with Gasteiger partial charge in [-0.05, 0) is 50.9 Å². The van der Waals surface area contributed by atoms with Crippen LogP contribution in [0.2, 0.25) is 0 Å². The largest absolute Gasteiger partial charge is 0.486 e. The molecular formula is C21H29N3O2S. The number of hydrogen-bond donors (Lipinski definition) is 1. The highest BCUT2D eigenvalue weighted by Crippen LogP contribution is 2.18. The molecule has 1 aromatic heterocycles. The predicted molar refractivity (Wildman–Crippen MR) is 109 cm³/mol. The number of hydrogen-bond acceptors (Lipinski definition) is 5. The summed E-state index contributed by atoms with van der Waals surface area (Å²) in [5.74, 6) is 1.69. The SMILES string of the molecule is CC1CCN(C(C)CNC(=O)Cc2csc(COc3ccccc3)n2)CC1. The normalized spacial score (nSPS) is 16.8. The smallest absolute Gasteiger partial charge is 0.226 e. The lowest BCUT2D eigenvalue weighted by Gasteiger charge is -2.35.